The molecule has 0 bridgehead atoms. The Morgan fingerprint density at radius 2 is 2.05 bits per heavy atom. The van der Waals surface area contributed by atoms with Crippen LogP contribution >= 0.6 is 0 Å². The highest BCUT2D eigenvalue weighted by atomic mass is 16.5. The number of benzene rings is 1. The third kappa shape index (κ3) is 4.22. The van der Waals surface area contributed by atoms with Crippen molar-refractivity contribution in [3.63, 3.8) is 0 Å². The Hall–Kier alpha value is -1.06. The molecule has 3 nitrogen and oxygen atoms in total. The van der Waals surface area contributed by atoms with Gasteiger partial charge in [-0.25, -0.2) is 0 Å². The molecule has 1 aliphatic rings. The van der Waals surface area contributed by atoms with Crippen LogP contribution in [-0.2, 0) is 0 Å². The molecule has 112 valence electrons. The van der Waals surface area contributed by atoms with Gasteiger partial charge in [0.05, 0.1) is 5.60 Å². The molecule has 1 atom stereocenters. The fraction of sp³-hybridized carbons (Fsp3) is 0.647. The highest BCUT2D eigenvalue weighted by Gasteiger charge is 2.29. The van der Waals surface area contributed by atoms with Crippen LogP contribution in [0, 0.1) is 0 Å². The molecule has 0 amide bonds. The number of ether oxygens (including phenoxy) is 1. The minimum atomic E-state index is -0.623. The highest BCUT2D eigenvalue weighted by Crippen LogP contribution is 2.29. The summed E-state index contributed by atoms with van der Waals surface area (Å²) in [6.45, 7) is 5.62. The van der Waals surface area contributed by atoms with Crippen LogP contribution in [0.1, 0.15) is 57.6 Å². The molecule has 0 aliphatic heterocycles. The van der Waals surface area contributed by atoms with E-state index in [4.69, 9.17) is 4.74 Å². The highest BCUT2D eigenvalue weighted by molar-refractivity contribution is 5.30. The van der Waals surface area contributed by atoms with E-state index in [1.807, 2.05) is 12.1 Å². The van der Waals surface area contributed by atoms with Gasteiger partial charge in [-0.3, -0.25) is 0 Å². The maximum atomic E-state index is 10.5. The van der Waals surface area contributed by atoms with Gasteiger partial charge in [-0.1, -0.05) is 38.3 Å². The number of hydrogen-bond donors (Lipinski definition) is 2. The van der Waals surface area contributed by atoms with Crippen LogP contribution in [0.4, 0.5) is 0 Å². The van der Waals surface area contributed by atoms with Gasteiger partial charge in [-0.2, -0.15) is 0 Å². The maximum Gasteiger partial charge on any atom is 0.119 e. The molecule has 1 aromatic carbocycles. The van der Waals surface area contributed by atoms with Gasteiger partial charge >= 0.3 is 0 Å². The molecule has 0 radical (unpaired) electrons. The van der Waals surface area contributed by atoms with Crippen LogP contribution in [0.3, 0.4) is 0 Å². The maximum absolute atomic E-state index is 10.5. The molecular formula is C17H27NO2. The third-order valence-electron chi connectivity index (χ3n) is 4.16. The van der Waals surface area contributed by atoms with Crippen molar-refractivity contribution >= 4 is 0 Å². The molecule has 0 aromatic heterocycles. The number of hydrogen-bond acceptors (Lipinski definition) is 3. The molecular weight excluding hydrogens is 250 g/mol. The van der Waals surface area contributed by atoms with Gasteiger partial charge in [0.2, 0.25) is 0 Å². The van der Waals surface area contributed by atoms with Crippen molar-refractivity contribution in [3.8, 4) is 5.75 Å². The number of aliphatic hydroxyl groups is 1. The second-order valence-electron chi connectivity index (χ2n) is 5.93. The minimum absolute atomic E-state index is 0.321. The Morgan fingerprint density at radius 3 is 2.75 bits per heavy atom. The summed E-state index contributed by atoms with van der Waals surface area (Å²) in [6, 6.07) is 8.48. The SMILES string of the molecule is CCNC(C)c1cccc(OCC2(O)CCCCC2)c1. The summed E-state index contributed by atoms with van der Waals surface area (Å²) in [5.74, 6) is 0.853. The summed E-state index contributed by atoms with van der Waals surface area (Å²) in [7, 11) is 0. The van der Waals surface area contributed by atoms with Gasteiger partial charge in [0, 0.05) is 6.04 Å². The molecule has 3 heteroatoms. The largest absolute Gasteiger partial charge is 0.491 e. The monoisotopic (exact) mass is 277 g/mol. The normalized spacial score (nSPS) is 19.6. The fourth-order valence-electron chi connectivity index (χ4n) is 2.87. The van der Waals surface area contributed by atoms with Gasteiger partial charge < -0.3 is 15.2 Å². The second-order valence-corrected chi connectivity index (χ2v) is 5.93. The first-order valence-electron chi connectivity index (χ1n) is 7.81. The van der Waals surface area contributed by atoms with Crippen molar-refractivity contribution in [2.45, 2.75) is 57.6 Å². The van der Waals surface area contributed by atoms with Crippen molar-refractivity contribution < 1.29 is 9.84 Å². The van der Waals surface area contributed by atoms with Crippen LogP contribution in [-0.4, -0.2) is 23.9 Å². The molecule has 2 N–H and O–H groups in total. The topological polar surface area (TPSA) is 41.5 Å². The standard InChI is InChI=1S/C17H27NO2/c1-3-18-14(2)15-8-7-9-16(12-15)20-13-17(19)10-5-4-6-11-17/h7-9,12,14,18-19H,3-6,10-11,13H2,1-2H3. The molecule has 0 heterocycles. The Kier molecular flexibility index (Phi) is 5.44. The molecule has 1 unspecified atom stereocenters. The second kappa shape index (κ2) is 7.09. The van der Waals surface area contributed by atoms with E-state index in [2.05, 4.69) is 31.3 Å². The summed E-state index contributed by atoms with van der Waals surface area (Å²) in [4.78, 5) is 0. The first-order chi connectivity index (χ1) is 9.63. The molecule has 1 fully saturated rings. The van der Waals surface area contributed by atoms with E-state index >= 15 is 0 Å². The van der Waals surface area contributed by atoms with Crippen LogP contribution < -0.4 is 10.1 Å². The molecule has 0 saturated heterocycles. The quantitative estimate of drug-likeness (QED) is 0.837. The Bertz CT molecular complexity index is 413. The lowest BCUT2D eigenvalue weighted by Gasteiger charge is -2.31. The summed E-state index contributed by atoms with van der Waals surface area (Å²) < 4.78 is 5.84. The molecule has 1 aliphatic carbocycles. The van der Waals surface area contributed by atoms with E-state index in [0.29, 0.717) is 12.6 Å². The van der Waals surface area contributed by atoms with Crippen molar-refractivity contribution in [2.24, 2.45) is 0 Å². The first kappa shape index (κ1) is 15.3. The van der Waals surface area contributed by atoms with E-state index in [-0.39, 0.29) is 0 Å². The summed E-state index contributed by atoms with van der Waals surface area (Å²) in [5, 5.41) is 13.9. The van der Waals surface area contributed by atoms with Crippen LogP contribution in [0.2, 0.25) is 0 Å². The molecule has 20 heavy (non-hydrogen) atoms. The van der Waals surface area contributed by atoms with Gasteiger partial charge in [0.15, 0.2) is 0 Å². The van der Waals surface area contributed by atoms with Crippen LogP contribution in [0.15, 0.2) is 24.3 Å². The molecule has 2 rings (SSSR count). The average Bonchev–Trinajstić information content (AvgIpc) is 2.47. The van der Waals surface area contributed by atoms with Crippen molar-refractivity contribution in [2.75, 3.05) is 13.2 Å². The zero-order chi connectivity index (χ0) is 14.4. The van der Waals surface area contributed by atoms with E-state index in [1.165, 1.54) is 12.0 Å². The fourth-order valence-corrected chi connectivity index (χ4v) is 2.87. The van der Waals surface area contributed by atoms with Crippen LogP contribution in [0.5, 0.6) is 5.75 Å². The van der Waals surface area contributed by atoms with E-state index in [9.17, 15) is 5.11 Å². The van der Waals surface area contributed by atoms with Gasteiger partial charge in [-0.15, -0.1) is 0 Å². The summed E-state index contributed by atoms with van der Waals surface area (Å²) in [5.41, 5.74) is 0.599. The van der Waals surface area contributed by atoms with Crippen molar-refractivity contribution in [3.05, 3.63) is 29.8 Å². The number of nitrogens with one attached hydrogen (secondary N) is 1. The van der Waals surface area contributed by atoms with E-state index in [0.717, 1.165) is 38.0 Å². The lowest BCUT2D eigenvalue weighted by atomic mass is 9.85. The Balaban J connectivity index is 1.94. The van der Waals surface area contributed by atoms with Crippen LogP contribution in [0.25, 0.3) is 0 Å². The van der Waals surface area contributed by atoms with Crippen molar-refractivity contribution in [1.82, 2.24) is 5.32 Å². The summed E-state index contributed by atoms with van der Waals surface area (Å²) in [6.07, 6.45) is 5.17. The Labute approximate surface area is 122 Å². The first-order valence-corrected chi connectivity index (χ1v) is 7.81. The predicted octanol–water partition coefficient (Wildman–Crippen LogP) is 3.43. The number of rotatable bonds is 6. The zero-order valence-electron chi connectivity index (χ0n) is 12.7. The Morgan fingerprint density at radius 1 is 1.30 bits per heavy atom. The minimum Gasteiger partial charge on any atom is -0.491 e. The predicted molar refractivity (Wildman–Crippen MR) is 82.1 cm³/mol. The summed E-state index contributed by atoms with van der Waals surface area (Å²) >= 11 is 0. The average molecular weight is 277 g/mol. The van der Waals surface area contributed by atoms with E-state index in [1.54, 1.807) is 0 Å². The van der Waals surface area contributed by atoms with E-state index < -0.39 is 5.60 Å². The zero-order valence-corrected chi connectivity index (χ0v) is 12.7. The molecule has 0 spiro atoms. The van der Waals surface area contributed by atoms with Gasteiger partial charge in [0.1, 0.15) is 12.4 Å². The lowest BCUT2D eigenvalue weighted by molar-refractivity contribution is -0.0339. The third-order valence-corrected chi connectivity index (χ3v) is 4.16. The van der Waals surface area contributed by atoms with Crippen molar-refractivity contribution in [1.29, 1.82) is 0 Å². The van der Waals surface area contributed by atoms with Gasteiger partial charge in [-0.05, 0) is 44.0 Å². The lowest BCUT2D eigenvalue weighted by Crippen LogP contribution is -2.37. The van der Waals surface area contributed by atoms with Gasteiger partial charge in [0.25, 0.3) is 0 Å². The molecule has 1 saturated carbocycles. The smallest absolute Gasteiger partial charge is 0.119 e. The molecule has 1 aromatic rings.